The topological polar surface area (TPSA) is 38.1 Å². The molecule has 4 nitrogen and oxygen atoms in total. The number of carbonyl (C=O) groups is 1. The number of aromatic nitrogens is 2. The summed E-state index contributed by atoms with van der Waals surface area (Å²) in [5.74, 6) is 0.263. The van der Waals surface area contributed by atoms with E-state index in [1.165, 1.54) is 12.0 Å². The number of rotatable bonds is 3. The number of piperidine rings is 1. The first-order valence-electron chi connectivity index (χ1n) is 7.87. The second-order valence-electron chi connectivity index (χ2n) is 6.11. The molecule has 0 N–H and O–H groups in total. The summed E-state index contributed by atoms with van der Waals surface area (Å²) in [6.07, 6.45) is 5.93. The Morgan fingerprint density at radius 3 is 3.05 bits per heavy atom. The van der Waals surface area contributed by atoms with Gasteiger partial charge in [-0.05, 0) is 44.7 Å². The van der Waals surface area contributed by atoms with Crippen molar-refractivity contribution in [3.63, 3.8) is 0 Å². The molecule has 1 atom stereocenters. The molecule has 4 heteroatoms. The molecule has 0 spiro atoms. The molecule has 0 radical (unpaired) electrons. The first-order valence-corrected chi connectivity index (χ1v) is 7.87. The monoisotopic (exact) mass is 285 g/mol. The molecule has 0 aliphatic carbocycles. The molecule has 0 saturated carbocycles. The van der Waals surface area contributed by atoms with Crippen molar-refractivity contribution in [2.75, 3.05) is 6.54 Å². The van der Waals surface area contributed by atoms with E-state index in [1.807, 2.05) is 15.8 Å². The predicted molar refractivity (Wildman–Crippen MR) is 84.1 cm³/mol. The minimum absolute atomic E-state index is 0.263. The van der Waals surface area contributed by atoms with Gasteiger partial charge in [0.2, 0.25) is 5.91 Å². The Labute approximate surface area is 125 Å². The van der Waals surface area contributed by atoms with Crippen LogP contribution in [0.2, 0.25) is 0 Å². The number of amides is 1. The van der Waals surface area contributed by atoms with Gasteiger partial charge in [0.25, 0.3) is 0 Å². The fraction of sp³-hybridized carbons (Fsp3) is 0.529. The fourth-order valence-electron chi connectivity index (χ4n) is 3.17. The molecule has 1 aliphatic heterocycles. The maximum Gasteiger partial charge on any atom is 0.224 e. The molecule has 2 heterocycles. The van der Waals surface area contributed by atoms with Gasteiger partial charge in [0.05, 0.1) is 18.3 Å². The maximum absolute atomic E-state index is 12.4. The van der Waals surface area contributed by atoms with Gasteiger partial charge in [-0.2, -0.15) is 5.10 Å². The second kappa shape index (κ2) is 5.88. The van der Waals surface area contributed by atoms with E-state index in [4.69, 9.17) is 0 Å². The van der Waals surface area contributed by atoms with Gasteiger partial charge in [-0.25, -0.2) is 0 Å². The largest absolute Gasteiger partial charge is 0.340 e. The summed E-state index contributed by atoms with van der Waals surface area (Å²) in [6, 6.07) is 6.70. The summed E-state index contributed by atoms with van der Waals surface area (Å²) in [5.41, 5.74) is 2.34. The lowest BCUT2D eigenvalue weighted by Gasteiger charge is -2.33. The number of fused-ring (bicyclic) bond motifs is 1. The first kappa shape index (κ1) is 14.1. The third kappa shape index (κ3) is 2.94. The van der Waals surface area contributed by atoms with Crippen molar-refractivity contribution in [1.29, 1.82) is 0 Å². The summed E-state index contributed by atoms with van der Waals surface area (Å²) in [7, 11) is 0. The molecule has 1 amide bonds. The summed E-state index contributed by atoms with van der Waals surface area (Å²) in [5, 5.41) is 5.56. The van der Waals surface area contributed by atoms with Gasteiger partial charge in [-0.15, -0.1) is 0 Å². The van der Waals surface area contributed by atoms with Crippen molar-refractivity contribution < 1.29 is 4.79 Å². The molecule has 2 aromatic rings. The summed E-state index contributed by atoms with van der Waals surface area (Å²) >= 11 is 0. The number of carbonyl (C=O) groups excluding carboxylic acids is 1. The summed E-state index contributed by atoms with van der Waals surface area (Å²) in [4.78, 5) is 14.4. The van der Waals surface area contributed by atoms with Crippen molar-refractivity contribution in [2.24, 2.45) is 0 Å². The predicted octanol–water partition coefficient (Wildman–Crippen LogP) is 3.14. The van der Waals surface area contributed by atoms with Crippen molar-refractivity contribution in [3.8, 4) is 0 Å². The Morgan fingerprint density at radius 2 is 2.24 bits per heavy atom. The van der Waals surface area contributed by atoms with Gasteiger partial charge >= 0.3 is 0 Å². The highest BCUT2D eigenvalue weighted by atomic mass is 16.2. The molecular formula is C17H23N3O. The Balaban J connectivity index is 1.68. The normalized spacial score (nSPS) is 19.1. The molecule has 0 unspecified atom stereocenters. The number of hydrogen-bond donors (Lipinski definition) is 0. The van der Waals surface area contributed by atoms with Gasteiger partial charge < -0.3 is 4.90 Å². The molecule has 3 rings (SSSR count). The highest BCUT2D eigenvalue weighted by Gasteiger charge is 2.22. The zero-order valence-electron chi connectivity index (χ0n) is 12.9. The van der Waals surface area contributed by atoms with Crippen molar-refractivity contribution >= 4 is 16.8 Å². The Morgan fingerprint density at radius 1 is 1.38 bits per heavy atom. The van der Waals surface area contributed by atoms with Crippen LogP contribution in [0.25, 0.3) is 10.9 Å². The van der Waals surface area contributed by atoms with Gasteiger partial charge in [-0.1, -0.05) is 12.1 Å². The molecule has 1 fully saturated rings. The van der Waals surface area contributed by atoms with E-state index in [2.05, 4.69) is 37.1 Å². The average Bonchev–Trinajstić information content (AvgIpc) is 2.87. The Hall–Kier alpha value is -1.84. The van der Waals surface area contributed by atoms with Crippen LogP contribution in [0.5, 0.6) is 0 Å². The average molecular weight is 285 g/mol. The fourth-order valence-corrected chi connectivity index (χ4v) is 3.17. The molecule has 112 valence electrons. The Kier molecular flexibility index (Phi) is 3.95. The highest BCUT2D eigenvalue weighted by Crippen LogP contribution is 2.19. The molecule has 1 aromatic carbocycles. The van der Waals surface area contributed by atoms with E-state index < -0.39 is 0 Å². The van der Waals surface area contributed by atoms with E-state index in [0.717, 1.165) is 30.3 Å². The number of likely N-dealkylation sites (tertiary alicyclic amines) is 1. The second-order valence-corrected chi connectivity index (χ2v) is 6.11. The van der Waals surface area contributed by atoms with Crippen LogP contribution in [-0.4, -0.2) is 33.2 Å². The van der Waals surface area contributed by atoms with Gasteiger partial charge in [0, 0.05) is 24.4 Å². The van der Waals surface area contributed by atoms with E-state index in [-0.39, 0.29) is 5.91 Å². The van der Waals surface area contributed by atoms with Crippen LogP contribution < -0.4 is 0 Å². The molecule has 1 aromatic heterocycles. The van der Waals surface area contributed by atoms with Gasteiger partial charge in [0.1, 0.15) is 0 Å². The van der Waals surface area contributed by atoms with E-state index in [1.54, 1.807) is 0 Å². The van der Waals surface area contributed by atoms with E-state index in [0.29, 0.717) is 19.0 Å². The minimum Gasteiger partial charge on any atom is -0.340 e. The van der Waals surface area contributed by atoms with E-state index >= 15 is 0 Å². The van der Waals surface area contributed by atoms with Gasteiger partial charge in [-0.3, -0.25) is 9.48 Å². The molecular weight excluding hydrogens is 262 g/mol. The van der Waals surface area contributed by atoms with Gasteiger partial charge in [0.15, 0.2) is 0 Å². The molecule has 0 bridgehead atoms. The third-order valence-corrected chi connectivity index (χ3v) is 4.46. The number of nitrogens with zero attached hydrogens (tertiary/aromatic N) is 3. The molecule has 21 heavy (non-hydrogen) atoms. The van der Waals surface area contributed by atoms with Crippen LogP contribution in [0.15, 0.2) is 24.4 Å². The van der Waals surface area contributed by atoms with E-state index in [9.17, 15) is 4.79 Å². The number of aryl methyl sites for hydroxylation is 2. The quantitative estimate of drug-likeness (QED) is 0.869. The third-order valence-electron chi connectivity index (χ3n) is 4.46. The van der Waals surface area contributed by atoms with Crippen LogP contribution >= 0.6 is 0 Å². The lowest BCUT2D eigenvalue weighted by Crippen LogP contribution is -2.42. The van der Waals surface area contributed by atoms with Crippen LogP contribution in [-0.2, 0) is 11.3 Å². The van der Waals surface area contributed by atoms with Crippen molar-refractivity contribution in [3.05, 3.63) is 30.0 Å². The molecule has 1 saturated heterocycles. The SMILES string of the molecule is Cc1ccc2cnn(CCC(=O)N3CCCC[C@H]3C)c2c1. The smallest absolute Gasteiger partial charge is 0.224 e. The number of hydrogen-bond acceptors (Lipinski definition) is 2. The van der Waals surface area contributed by atoms with Crippen molar-refractivity contribution in [1.82, 2.24) is 14.7 Å². The highest BCUT2D eigenvalue weighted by molar-refractivity contribution is 5.80. The Bertz CT molecular complexity index is 647. The lowest BCUT2D eigenvalue weighted by molar-refractivity contribution is -0.134. The number of benzene rings is 1. The maximum atomic E-state index is 12.4. The lowest BCUT2D eigenvalue weighted by atomic mass is 10.0. The van der Waals surface area contributed by atoms with Crippen LogP contribution in [0, 0.1) is 6.92 Å². The standard InChI is InChI=1S/C17H23N3O/c1-13-6-7-15-12-18-20(16(15)11-13)10-8-17(21)19-9-4-3-5-14(19)2/h6-7,11-12,14H,3-5,8-10H2,1-2H3/t14-/m1/s1. The van der Waals surface area contributed by atoms with Crippen LogP contribution in [0.3, 0.4) is 0 Å². The zero-order chi connectivity index (χ0) is 14.8. The van der Waals surface area contributed by atoms with Crippen molar-refractivity contribution in [2.45, 2.75) is 52.1 Å². The summed E-state index contributed by atoms with van der Waals surface area (Å²) < 4.78 is 1.95. The summed E-state index contributed by atoms with van der Waals surface area (Å²) in [6.45, 7) is 5.81. The van der Waals surface area contributed by atoms with Crippen LogP contribution in [0.4, 0.5) is 0 Å². The minimum atomic E-state index is 0.263. The van der Waals surface area contributed by atoms with Crippen LogP contribution in [0.1, 0.15) is 38.2 Å². The zero-order valence-corrected chi connectivity index (χ0v) is 12.9. The first-order chi connectivity index (χ1) is 10.1. The molecule has 1 aliphatic rings.